The molecule has 0 aliphatic heterocycles. The smallest absolute Gasteiger partial charge is 0.0323 e. The number of nitrogens with two attached hydrogens (primary N) is 1. The molecule has 0 amide bonds. The Morgan fingerprint density at radius 3 is 2.33 bits per heavy atom. The Morgan fingerprint density at radius 1 is 1.20 bits per heavy atom. The van der Waals surface area contributed by atoms with Crippen LogP contribution in [-0.2, 0) is 6.42 Å². The van der Waals surface area contributed by atoms with E-state index in [2.05, 4.69) is 31.2 Å². The molecule has 82 valence electrons. The highest BCUT2D eigenvalue weighted by molar-refractivity contribution is 5.25. The van der Waals surface area contributed by atoms with Crippen LogP contribution in [0.1, 0.15) is 49.8 Å². The number of benzene rings is 1. The van der Waals surface area contributed by atoms with E-state index in [9.17, 15) is 0 Å². The minimum absolute atomic E-state index is 0.262. The Hall–Kier alpha value is -0.820. The van der Waals surface area contributed by atoms with Crippen LogP contribution < -0.4 is 5.73 Å². The van der Waals surface area contributed by atoms with Crippen molar-refractivity contribution in [1.29, 1.82) is 0 Å². The lowest BCUT2D eigenvalue weighted by atomic mass is 9.92. The van der Waals surface area contributed by atoms with Crippen LogP contribution in [0.2, 0.25) is 0 Å². The average molecular weight is 203 g/mol. The number of hydrogen-bond donors (Lipinski definition) is 1. The first-order valence-corrected chi connectivity index (χ1v) is 6.15. The maximum atomic E-state index is 6.29. The molecule has 0 radical (unpaired) electrons. The van der Waals surface area contributed by atoms with Crippen molar-refractivity contribution in [1.82, 2.24) is 0 Å². The minimum Gasteiger partial charge on any atom is -0.324 e. The van der Waals surface area contributed by atoms with Gasteiger partial charge in [0.2, 0.25) is 0 Å². The molecule has 1 nitrogen and oxygen atoms in total. The molecule has 1 aliphatic rings. The molecule has 2 N–H and O–H groups in total. The molecule has 1 fully saturated rings. The highest BCUT2D eigenvalue weighted by atomic mass is 14.7. The van der Waals surface area contributed by atoms with Gasteiger partial charge in [0.25, 0.3) is 0 Å². The molecule has 15 heavy (non-hydrogen) atoms. The lowest BCUT2D eigenvalue weighted by molar-refractivity contribution is 0.445. The zero-order valence-corrected chi connectivity index (χ0v) is 9.58. The Balaban J connectivity index is 2.07. The predicted octanol–water partition coefficient (Wildman–Crippen LogP) is 3.44. The van der Waals surface area contributed by atoms with Crippen molar-refractivity contribution in [3.8, 4) is 0 Å². The molecule has 1 heteroatoms. The summed E-state index contributed by atoms with van der Waals surface area (Å²) in [5.41, 5.74) is 9.01. The first-order chi connectivity index (χ1) is 7.31. The van der Waals surface area contributed by atoms with E-state index in [-0.39, 0.29) is 6.04 Å². The second kappa shape index (κ2) is 4.80. The highest BCUT2D eigenvalue weighted by Crippen LogP contribution is 2.34. The van der Waals surface area contributed by atoms with E-state index < -0.39 is 0 Å². The Kier molecular flexibility index (Phi) is 3.42. The van der Waals surface area contributed by atoms with Gasteiger partial charge < -0.3 is 5.73 Å². The van der Waals surface area contributed by atoms with Gasteiger partial charge in [0.05, 0.1) is 0 Å². The summed E-state index contributed by atoms with van der Waals surface area (Å²) in [5.74, 6) is 0.720. The van der Waals surface area contributed by atoms with Gasteiger partial charge in [0.1, 0.15) is 0 Å². The summed E-state index contributed by atoms with van der Waals surface area (Å²) in [6, 6.07) is 9.11. The predicted molar refractivity (Wildman–Crippen MR) is 64.7 cm³/mol. The van der Waals surface area contributed by atoms with E-state index in [0.29, 0.717) is 0 Å². The van der Waals surface area contributed by atoms with Gasteiger partial charge in [-0.1, -0.05) is 44.0 Å². The van der Waals surface area contributed by atoms with E-state index in [1.807, 2.05) is 0 Å². The standard InChI is InChI=1S/C14H21N/c1-2-11-7-9-13(10-8-11)14(15)12-5-3-4-6-12/h7-10,12,14H,2-6,15H2,1H3/t14-/m1/s1. The average Bonchev–Trinajstić information content (AvgIpc) is 2.82. The molecule has 1 aromatic rings. The Bertz CT molecular complexity index is 296. The first kappa shape index (κ1) is 10.7. The molecule has 1 saturated carbocycles. The normalized spacial score (nSPS) is 19.3. The van der Waals surface area contributed by atoms with Gasteiger partial charge in [-0.3, -0.25) is 0 Å². The van der Waals surface area contributed by atoms with Gasteiger partial charge in [-0.05, 0) is 36.3 Å². The van der Waals surface area contributed by atoms with Crippen molar-refractivity contribution in [2.45, 2.75) is 45.1 Å². The second-order valence-electron chi connectivity index (χ2n) is 4.67. The lowest BCUT2D eigenvalue weighted by Gasteiger charge is -2.19. The molecule has 0 unspecified atom stereocenters. The summed E-state index contributed by atoms with van der Waals surface area (Å²) in [5, 5.41) is 0. The summed E-state index contributed by atoms with van der Waals surface area (Å²) in [4.78, 5) is 0. The number of hydrogen-bond acceptors (Lipinski definition) is 1. The molecule has 0 aromatic heterocycles. The molecule has 1 aliphatic carbocycles. The quantitative estimate of drug-likeness (QED) is 0.800. The molecule has 0 saturated heterocycles. The summed E-state index contributed by atoms with van der Waals surface area (Å²) in [7, 11) is 0. The van der Waals surface area contributed by atoms with E-state index >= 15 is 0 Å². The van der Waals surface area contributed by atoms with Crippen molar-refractivity contribution in [3.05, 3.63) is 35.4 Å². The third-order valence-corrected chi connectivity index (χ3v) is 3.68. The largest absolute Gasteiger partial charge is 0.324 e. The van der Waals surface area contributed by atoms with Gasteiger partial charge in [0, 0.05) is 6.04 Å². The summed E-state index contributed by atoms with van der Waals surface area (Å²) < 4.78 is 0. The molecule has 0 bridgehead atoms. The minimum atomic E-state index is 0.262. The molecular weight excluding hydrogens is 182 g/mol. The van der Waals surface area contributed by atoms with Gasteiger partial charge in [-0.15, -0.1) is 0 Å². The maximum Gasteiger partial charge on any atom is 0.0323 e. The van der Waals surface area contributed by atoms with Crippen LogP contribution in [0.4, 0.5) is 0 Å². The monoisotopic (exact) mass is 203 g/mol. The summed E-state index contributed by atoms with van der Waals surface area (Å²) in [6.07, 6.45) is 6.48. The SMILES string of the molecule is CCc1ccc([C@H](N)C2CCCC2)cc1. The summed E-state index contributed by atoms with van der Waals surface area (Å²) in [6.45, 7) is 2.19. The Morgan fingerprint density at radius 2 is 1.80 bits per heavy atom. The molecule has 1 atom stereocenters. The van der Waals surface area contributed by atoms with Gasteiger partial charge >= 0.3 is 0 Å². The molecular formula is C14H21N. The second-order valence-corrected chi connectivity index (χ2v) is 4.67. The number of aryl methyl sites for hydroxylation is 1. The van der Waals surface area contributed by atoms with Crippen molar-refractivity contribution >= 4 is 0 Å². The zero-order chi connectivity index (χ0) is 10.7. The van der Waals surface area contributed by atoms with Crippen molar-refractivity contribution in [3.63, 3.8) is 0 Å². The fraction of sp³-hybridized carbons (Fsp3) is 0.571. The van der Waals surface area contributed by atoms with E-state index in [1.54, 1.807) is 0 Å². The van der Waals surface area contributed by atoms with Crippen molar-refractivity contribution < 1.29 is 0 Å². The lowest BCUT2D eigenvalue weighted by Crippen LogP contribution is -2.18. The van der Waals surface area contributed by atoms with E-state index in [0.717, 1.165) is 12.3 Å². The third kappa shape index (κ3) is 2.40. The maximum absolute atomic E-state index is 6.29. The molecule has 0 heterocycles. The van der Waals surface area contributed by atoms with Crippen LogP contribution in [-0.4, -0.2) is 0 Å². The third-order valence-electron chi connectivity index (χ3n) is 3.68. The Labute approximate surface area is 92.7 Å². The van der Waals surface area contributed by atoms with E-state index in [1.165, 1.54) is 36.8 Å². The zero-order valence-electron chi connectivity index (χ0n) is 9.58. The van der Waals surface area contributed by atoms with Crippen LogP contribution in [0.25, 0.3) is 0 Å². The van der Waals surface area contributed by atoms with Gasteiger partial charge in [0.15, 0.2) is 0 Å². The van der Waals surface area contributed by atoms with Crippen LogP contribution in [0.3, 0.4) is 0 Å². The molecule has 2 rings (SSSR count). The van der Waals surface area contributed by atoms with Crippen LogP contribution in [0.15, 0.2) is 24.3 Å². The highest BCUT2D eigenvalue weighted by Gasteiger charge is 2.22. The van der Waals surface area contributed by atoms with Crippen LogP contribution in [0.5, 0.6) is 0 Å². The van der Waals surface area contributed by atoms with Crippen molar-refractivity contribution in [2.24, 2.45) is 11.7 Å². The van der Waals surface area contributed by atoms with Crippen LogP contribution in [0, 0.1) is 5.92 Å². The van der Waals surface area contributed by atoms with Crippen molar-refractivity contribution in [2.75, 3.05) is 0 Å². The fourth-order valence-electron chi connectivity index (χ4n) is 2.56. The van der Waals surface area contributed by atoms with E-state index in [4.69, 9.17) is 5.73 Å². The fourth-order valence-corrected chi connectivity index (χ4v) is 2.56. The summed E-state index contributed by atoms with van der Waals surface area (Å²) >= 11 is 0. The number of rotatable bonds is 3. The van der Waals surface area contributed by atoms with Gasteiger partial charge in [-0.2, -0.15) is 0 Å². The van der Waals surface area contributed by atoms with Crippen LogP contribution >= 0.6 is 0 Å². The van der Waals surface area contributed by atoms with Gasteiger partial charge in [-0.25, -0.2) is 0 Å². The topological polar surface area (TPSA) is 26.0 Å². The molecule has 0 spiro atoms. The first-order valence-electron chi connectivity index (χ1n) is 6.15. The molecule has 1 aromatic carbocycles.